The molecule has 1 aromatic carbocycles. The predicted octanol–water partition coefficient (Wildman–Crippen LogP) is 1.74. The highest BCUT2D eigenvalue weighted by Crippen LogP contribution is 2.26. The van der Waals surface area contributed by atoms with E-state index in [4.69, 9.17) is 4.74 Å². The molecule has 148 valence electrons. The zero-order chi connectivity index (χ0) is 19.2. The number of urea groups is 1. The number of carbonyl (C=O) groups is 2. The van der Waals surface area contributed by atoms with Crippen molar-refractivity contribution in [2.24, 2.45) is 0 Å². The average Bonchev–Trinajstić information content (AvgIpc) is 3.13. The van der Waals surface area contributed by atoms with Crippen LogP contribution in [0.1, 0.15) is 30.9 Å². The Kier molecular flexibility index (Phi) is 6.55. The van der Waals surface area contributed by atoms with Gasteiger partial charge in [0.1, 0.15) is 5.75 Å². The Morgan fingerprint density at radius 3 is 2.81 bits per heavy atom. The molecule has 0 radical (unpaired) electrons. The van der Waals surface area contributed by atoms with Crippen LogP contribution < -0.4 is 10.1 Å². The molecule has 0 saturated carbocycles. The number of aliphatic carboxylic acids is 1. The number of piperidine rings is 1. The van der Waals surface area contributed by atoms with Crippen molar-refractivity contribution in [3.63, 3.8) is 0 Å². The number of rotatable bonds is 7. The number of hydrogen-bond donors (Lipinski definition) is 2. The minimum Gasteiger partial charge on any atom is -0.493 e. The van der Waals surface area contributed by atoms with E-state index in [1.54, 1.807) is 0 Å². The van der Waals surface area contributed by atoms with Gasteiger partial charge in [-0.3, -0.25) is 9.69 Å². The van der Waals surface area contributed by atoms with Gasteiger partial charge in [-0.2, -0.15) is 0 Å². The number of nitrogens with one attached hydrogen (secondary N) is 1. The van der Waals surface area contributed by atoms with Crippen LogP contribution in [0.2, 0.25) is 0 Å². The van der Waals surface area contributed by atoms with Crippen molar-refractivity contribution >= 4 is 12.0 Å². The van der Waals surface area contributed by atoms with Crippen molar-refractivity contribution < 1.29 is 19.4 Å². The number of amides is 2. The van der Waals surface area contributed by atoms with Crippen molar-refractivity contribution in [2.45, 2.75) is 38.6 Å². The van der Waals surface area contributed by atoms with E-state index in [1.165, 1.54) is 11.1 Å². The van der Waals surface area contributed by atoms with Crippen LogP contribution in [0.3, 0.4) is 0 Å². The predicted molar refractivity (Wildman–Crippen MR) is 102 cm³/mol. The fourth-order valence-electron chi connectivity index (χ4n) is 3.93. The average molecular weight is 375 g/mol. The van der Waals surface area contributed by atoms with E-state index < -0.39 is 5.97 Å². The molecular formula is C20H29N3O4. The summed E-state index contributed by atoms with van der Waals surface area (Å²) >= 11 is 0. The molecule has 1 fully saturated rings. The molecule has 0 aliphatic carbocycles. The van der Waals surface area contributed by atoms with Crippen LogP contribution in [0.25, 0.3) is 0 Å². The molecule has 2 aliphatic heterocycles. The smallest absolute Gasteiger partial charge is 0.317 e. The lowest BCUT2D eigenvalue weighted by Crippen LogP contribution is -2.50. The van der Waals surface area contributed by atoms with E-state index in [9.17, 15) is 14.7 Å². The van der Waals surface area contributed by atoms with Crippen LogP contribution in [0.15, 0.2) is 18.2 Å². The third-order valence-electron chi connectivity index (χ3n) is 5.38. The zero-order valence-electron chi connectivity index (χ0n) is 15.9. The van der Waals surface area contributed by atoms with Crippen molar-refractivity contribution in [3.8, 4) is 5.75 Å². The fourth-order valence-corrected chi connectivity index (χ4v) is 3.93. The van der Waals surface area contributed by atoms with E-state index in [-0.39, 0.29) is 18.6 Å². The van der Waals surface area contributed by atoms with Gasteiger partial charge in [0.15, 0.2) is 0 Å². The molecule has 0 bridgehead atoms. The summed E-state index contributed by atoms with van der Waals surface area (Å²) in [5.74, 6) is 0.169. The summed E-state index contributed by atoms with van der Waals surface area (Å²) in [5.41, 5.74) is 2.46. The summed E-state index contributed by atoms with van der Waals surface area (Å²) in [5, 5.41) is 12.1. The minimum absolute atomic E-state index is 0.0268. The molecule has 27 heavy (non-hydrogen) atoms. The highest BCUT2D eigenvalue weighted by molar-refractivity contribution is 5.74. The molecule has 7 heteroatoms. The summed E-state index contributed by atoms with van der Waals surface area (Å²) in [6.07, 6.45) is 3.38. The Balaban J connectivity index is 1.56. The van der Waals surface area contributed by atoms with Crippen molar-refractivity contribution in [2.75, 3.05) is 39.3 Å². The monoisotopic (exact) mass is 375 g/mol. The molecule has 2 aliphatic rings. The van der Waals surface area contributed by atoms with Gasteiger partial charge >= 0.3 is 12.0 Å². The second kappa shape index (κ2) is 9.08. The minimum atomic E-state index is -0.802. The summed E-state index contributed by atoms with van der Waals surface area (Å²) in [6, 6.07) is 6.44. The van der Waals surface area contributed by atoms with Gasteiger partial charge in [-0.15, -0.1) is 0 Å². The maximum atomic E-state index is 12.0. The van der Waals surface area contributed by atoms with Crippen LogP contribution in [0, 0.1) is 0 Å². The molecule has 0 aromatic heterocycles. The number of ether oxygens (including phenoxy) is 1. The maximum Gasteiger partial charge on any atom is 0.317 e. The molecule has 1 saturated heterocycles. The molecule has 0 atom stereocenters. The Morgan fingerprint density at radius 2 is 2.11 bits per heavy atom. The van der Waals surface area contributed by atoms with Crippen LogP contribution in [-0.4, -0.2) is 72.3 Å². The molecular weight excluding hydrogens is 346 g/mol. The Bertz CT molecular complexity index is 671. The number of carboxylic acids is 1. The van der Waals surface area contributed by atoms with E-state index in [0.29, 0.717) is 26.2 Å². The van der Waals surface area contributed by atoms with Gasteiger partial charge in [0.05, 0.1) is 13.2 Å². The first-order chi connectivity index (χ1) is 13.1. The van der Waals surface area contributed by atoms with Crippen molar-refractivity contribution in [3.05, 3.63) is 29.3 Å². The fraction of sp³-hybridized carbons (Fsp3) is 0.600. The molecule has 3 rings (SSSR count). The topological polar surface area (TPSA) is 82.1 Å². The van der Waals surface area contributed by atoms with E-state index in [2.05, 4.69) is 22.3 Å². The van der Waals surface area contributed by atoms with E-state index >= 15 is 0 Å². The lowest BCUT2D eigenvalue weighted by Gasteiger charge is -2.38. The van der Waals surface area contributed by atoms with Gasteiger partial charge in [0.2, 0.25) is 0 Å². The first-order valence-corrected chi connectivity index (χ1v) is 9.80. The lowest BCUT2D eigenvalue weighted by molar-refractivity contribution is -0.139. The van der Waals surface area contributed by atoms with Gasteiger partial charge in [-0.25, -0.2) is 4.79 Å². The second-order valence-corrected chi connectivity index (χ2v) is 7.21. The van der Waals surface area contributed by atoms with E-state index in [0.717, 1.165) is 38.0 Å². The molecule has 2 amide bonds. The molecule has 2 heterocycles. The molecule has 2 N–H and O–H groups in total. The summed E-state index contributed by atoms with van der Waals surface area (Å²) < 4.78 is 5.55. The number of nitrogens with zero attached hydrogens (tertiary/aromatic N) is 2. The van der Waals surface area contributed by atoms with E-state index in [1.807, 2.05) is 17.9 Å². The first-order valence-electron chi connectivity index (χ1n) is 9.80. The SMILES string of the molecule is CCNC(=O)N1CCC(N(CCc2ccc3c(c2)CCO3)CC(=O)O)CC1. The molecule has 1 aromatic rings. The van der Waals surface area contributed by atoms with Gasteiger partial charge in [-0.1, -0.05) is 12.1 Å². The number of fused-ring (bicyclic) bond motifs is 1. The number of benzene rings is 1. The van der Waals surface area contributed by atoms with Crippen LogP contribution >= 0.6 is 0 Å². The Hall–Kier alpha value is -2.28. The lowest BCUT2D eigenvalue weighted by atomic mass is 10.0. The molecule has 7 nitrogen and oxygen atoms in total. The van der Waals surface area contributed by atoms with Crippen LogP contribution in [0.5, 0.6) is 5.75 Å². The summed E-state index contributed by atoms with van der Waals surface area (Å²) in [4.78, 5) is 27.2. The molecule has 0 spiro atoms. The van der Waals surface area contributed by atoms with Gasteiger partial charge in [0, 0.05) is 38.6 Å². The number of carbonyl (C=O) groups excluding carboxylic acids is 1. The highest BCUT2D eigenvalue weighted by atomic mass is 16.5. The van der Waals surface area contributed by atoms with Gasteiger partial charge < -0.3 is 20.1 Å². The highest BCUT2D eigenvalue weighted by Gasteiger charge is 2.27. The Morgan fingerprint density at radius 1 is 1.33 bits per heavy atom. The first kappa shape index (κ1) is 19.5. The normalized spacial score (nSPS) is 16.9. The maximum absolute atomic E-state index is 12.0. The van der Waals surface area contributed by atoms with Crippen LogP contribution in [-0.2, 0) is 17.6 Å². The van der Waals surface area contributed by atoms with Crippen molar-refractivity contribution in [1.29, 1.82) is 0 Å². The summed E-state index contributed by atoms with van der Waals surface area (Å²) in [7, 11) is 0. The second-order valence-electron chi connectivity index (χ2n) is 7.21. The van der Waals surface area contributed by atoms with Crippen molar-refractivity contribution in [1.82, 2.24) is 15.1 Å². The van der Waals surface area contributed by atoms with Gasteiger partial charge in [-0.05, 0) is 43.4 Å². The number of likely N-dealkylation sites (tertiary alicyclic amines) is 1. The Labute approximate surface area is 160 Å². The summed E-state index contributed by atoms with van der Waals surface area (Å²) in [6.45, 7) is 5.36. The van der Waals surface area contributed by atoms with Gasteiger partial charge in [0.25, 0.3) is 0 Å². The third-order valence-corrected chi connectivity index (χ3v) is 5.38. The zero-order valence-corrected chi connectivity index (χ0v) is 15.9. The number of carboxylic acid groups (broad SMARTS) is 1. The number of hydrogen-bond acceptors (Lipinski definition) is 4. The largest absolute Gasteiger partial charge is 0.493 e. The standard InChI is InChI=1S/C20H29N3O4/c1-2-21-20(26)22-10-6-17(7-11-22)23(14-19(24)25)9-5-15-3-4-18-16(13-15)8-12-27-18/h3-4,13,17H,2,5-12,14H2,1H3,(H,21,26)(H,24,25). The third kappa shape index (κ3) is 5.13. The van der Waals surface area contributed by atoms with Crippen LogP contribution in [0.4, 0.5) is 4.79 Å². The molecule has 0 unspecified atom stereocenters. The quantitative estimate of drug-likeness (QED) is 0.759.